The van der Waals surface area contributed by atoms with Gasteiger partial charge < -0.3 is 4.74 Å². The minimum atomic E-state index is 0.505. The molecule has 2 rings (SSSR count). The van der Waals surface area contributed by atoms with E-state index in [1.54, 1.807) is 18.4 Å². The zero-order valence-corrected chi connectivity index (χ0v) is 9.80. The second-order valence-electron chi connectivity index (χ2n) is 2.56. The van der Waals surface area contributed by atoms with Gasteiger partial charge in [-0.05, 0) is 33.4 Å². The fraction of sp³-hybridized carbons (Fsp3) is 0.111. The summed E-state index contributed by atoms with van der Waals surface area (Å²) >= 11 is 5.00. The molecule has 0 bridgehead atoms. The molecular weight excluding hydrogens is 264 g/mol. The van der Waals surface area contributed by atoms with Gasteiger partial charge in [0.15, 0.2) is 0 Å². The van der Waals surface area contributed by atoms with Gasteiger partial charge in [-0.25, -0.2) is 0 Å². The predicted octanol–water partition coefficient (Wildman–Crippen LogP) is 2.98. The van der Waals surface area contributed by atoms with E-state index in [1.165, 1.54) is 0 Å². The lowest BCUT2D eigenvalue weighted by Crippen LogP contribution is -1.92. The fourth-order valence-electron chi connectivity index (χ4n) is 1.04. The van der Waals surface area contributed by atoms with Crippen LogP contribution in [-0.2, 0) is 0 Å². The molecule has 0 aliphatic carbocycles. The first-order valence-electron chi connectivity index (χ1n) is 3.92. The van der Waals surface area contributed by atoms with Gasteiger partial charge in [0.2, 0.25) is 5.88 Å². The van der Waals surface area contributed by atoms with Crippen LogP contribution in [0.2, 0.25) is 0 Å². The maximum Gasteiger partial charge on any atom is 0.247 e. The molecule has 0 fully saturated rings. The minimum absolute atomic E-state index is 0.505. The number of thiophene rings is 1. The highest BCUT2D eigenvalue weighted by Crippen LogP contribution is 2.28. The first-order valence-corrected chi connectivity index (χ1v) is 5.59. The number of rotatable bonds is 2. The van der Waals surface area contributed by atoms with Crippen molar-refractivity contribution in [3.63, 3.8) is 0 Å². The van der Waals surface area contributed by atoms with Crippen LogP contribution in [0.3, 0.4) is 0 Å². The van der Waals surface area contributed by atoms with Gasteiger partial charge in [-0.15, -0.1) is 21.5 Å². The highest BCUT2D eigenvalue weighted by atomic mass is 79.9. The number of nitrogens with zero attached hydrogens (tertiary/aromatic N) is 2. The largest absolute Gasteiger partial charge is 0.479 e. The molecule has 0 aliphatic heterocycles. The summed E-state index contributed by atoms with van der Waals surface area (Å²) in [6, 6.07) is 5.89. The van der Waals surface area contributed by atoms with Crippen molar-refractivity contribution in [1.82, 2.24) is 10.2 Å². The van der Waals surface area contributed by atoms with Crippen LogP contribution in [0.15, 0.2) is 28.1 Å². The molecule has 5 heteroatoms. The summed E-state index contributed by atoms with van der Waals surface area (Å²) in [6.45, 7) is 0. The summed E-state index contributed by atoms with van der Waals surface area (Å²) in [6.07, 6.45) is 0. The van der Waals surface area contributed by atoms with E-state index in [1.807, 2.05) is 23.6 Å². The Morgan fingerprint density at radius 1 is 1.43 bits per heavy atom. The highest BCUT2D eigenvalue weighted by molar-refractivity contribution is 9.10. The van der Waals surface area contributed by atoms with Crippen LogP contribution in [-0.4, -0.2) is 17.3 Å². The zero-order chi connectivity index (χ0) is 9.97. The van der Waals surface area contributed by atoms with Crippen molar-refractivity contribution in [1.29, 1.82) is 0 Å². The highest BCUT2D eigenvalue weighted by Gasteiger charge is 2.06. The first-order chi connectivity index (χ1) is 6.81. The molecule has 3 nitrogen and oxygen atoms in total. The van der Waals surface area contributed by atoms with E-state index in [2.05, 4.69) is 26.1 Å². The third-order valence-electron chi connectivity index (χ3n) is 1.68. The lowest BCUT2D eigenvalue weighted by atomic mass is 10.3. The number of methoxy groups -OCH3 is 1. The van der Waals surface area contributed by atoms with Gasteiger partial charge in [-0.1, -0.05) is 6.07 Å². The monoisotopic (exact) mass is 270 g/mol. The quantitative estimate of drug-likeness (QED) is 0.842. The van der Waals surface area contributed by atoms with E-state index in [-0.39, 0.29) is 0 Å². The average Bonchev–Trinajstić information content (AvgIpc) is 2.70. The standard InChI is InChI=1S/C9H7BrN2OS/c1-13-9-6(10)5-7(11-12-9)8-3-2-4-14-8/h2-5H,1H3. The molecule has 0 unspecified atom stereocenters. The van der Waals surface area contributed by atoms with Crippen molar-refractivity contribution >= 4 is 27.3 Å². The van der Waals surface area contributed by atoms with Crippen LogP contribution in [0.1, 0.15) is 0 Å². The van der Waals surface area contributed by atoms with E-state index < -0.39 is 0 Å². The van der Waals surface area contributed by atoms with Crippen LogP contribution in [0.4, 0.5) is 0 Å². The Balaban J connectivity index is 2.43. The van der Waals surface area contributed by atoms with Crippen molar-refractivity contribution in [3.05, 3.63) is 28.1 Å². The zero-order valence-electron chi connectivity index (χ0n) is 7.40. The van der Waals surface area contributed by atoms with Gasteiger partial charge in [0.05, 0.1) is 16.5 Å². The van der Waals surface area contributed by atoms with Gasteiger partial charge in [0.25, 0.3) is 0 Å². The average molecular weight is 271 g/mol. The van der Waals surface area contributed by atoms with E-state index in [9.17, 15) is 0 Å². The van der Waals surface area contributed by atoms with Gasteiger partial charge in [0, 0.05) is 0 Å². The van der Waals surface area contributed by atoms with Crippen LogP contribution in [0.25, 0.3) is 10.6 Å². The third-order valence-corrected chi connectivity index (χ3v) is 3.14. The van der Waals surface area contributed by atoms with Crippen molar-refractivity contribution < 1.29 is 4.74 Å². The van der Waals surface area contributed by atoms with Crippen molar-refractivity contribution in [2.45, 2.75) is 0 Å². The molecule has 0 N–H and O–H groups in total. The number of hydrogen-bond donors (Lipinski definition) is 0. The summed E-state index contributed by atoms with van der Waals surface area (Å²) in [7, 11) is 1.57. The predicted molar refractivity (Wildman–Crippen MR) is 59.6 cm³/mol. The Bertz CT molecular complexity index is 430. The Morgan fingerprint density at radius 2 is 2.29 bits per heavy atom. The lowest BCUT2D eigenvalue weighted by molar-refractivity contribution is 0.389. The van der Waals surface area contributed by atoms with Crippen molar-refractivity contribution in [2.24, 2.45) is 0 Å². The topological polar surface area (TPSA) is 35.0 Å². The number of aromatic nitrogens is 2. The molecule has 0 spiro atoms. The molecule has 0 atom stereocenters. The van der Waals surface area contributed by atoms with E-state index in [0.717, 1.165) is 15.0 Å². The SMILES string of the molecule is COc1nnc(-c2cccs2)cc1Br. The normalized spacial score (nSPS) is 10.1. The van der Waals surface area contributed by atoms with Crippen LogP contribution >= 0.6 is 27.3 Å². The van der Waals surface area contributed by atoms with Gasteiger partial charge in [-0.3, -0.25) is 0 Å². The summed E-state index contributed by atoms with van der Waals surface area (Å²) in [4.78, 5) is 1.10. The Kier molecular flexibility index (Phi) is 2.79. The first kappa shape index (κ1) is 9.61. The maximum absolute atomic E-state index is 5.00. The molecule has 0 amide bonds. The second-order valence-corrected chi connectivity index (χ2v) is 4.37. The smallest absolute Gasteiger partial charge is 0.247 e. The molecule has 0 aliphatic rings. The van der Waals surface area contributed by atoms with E-state index in [4.69, 9.17) is 4.74 Å². The Hall–Kier alpha value is -0.940. The maximum atomic E-state index is 5.00. The van der Waals surface area contributed by atoms with Gasteiger partial charge >= 0.3 is 0 Å². The molecular formula is C9H7BrN2OS. The molecule has 2 aromatic heterocycles. The van der Waals surface area contributed by atoms with Crippen LogP contribution in [0, 0.1) is 0 Å². The molecule has 0 radical (unpaired) electrons. The summed E-state index contributed by atoms with van der Waals surface area (Å²) < 4.78 is 5.82. The molecule has 0 saturated heterocycles. The third kappa shape index (κ3) is 1.78. The molecule has 2 heterocycles. The Labute approximate surface area is 93.9 Å². The lowest BCUT2D eigenvalue weighted by Gasteiger charge is -2.01. The van der Waals surface area contributed by atoms with Crippen LogP contribution < -0.4 is 4.74 Å². The summed E-state index contributed by atoms with van der Waals surface area (Å²) in [5.74, 6) is 0.505. The van der Waals surface area contributed by atoms with Crippen molar-refractivity contribution in [2.75, 3.05) is 7.11 Å². The Morgan fingerprint density at radius 3 is 2.86 bits per heavy atom. The number of ether oxygens (including phenoxy) is 1. The molecule has 2 aromatic rings. The van der Waals surface area contributed by atoms with Crippen molar-refractivity contribution in [3.8, 4) is 16.5 Å². The summed E-state index contributed by atoms with van der Waals surface area (Å²) in [5, 5.41) is 10.0. The molecule has 0 aromatic carbocycles. The fourth-order valence-corrected chi connectivity index (χ4v) is 2.18. The van der Waals surface area contributed by atoms with E-state index >= 15 is 0 Å². The second kappa shape index (κ2) is 4.06. The molecule has 72 valence electrons. The molecule has 0 saturated carbocycles. The molecule has 14 heavy (non-hydrogen) atoms. The van der Waals surface area contributed by atoms with Gasteiger partial charge in [0.1, 0.15) is 5.69 Å². The van der Waals surface area contributed by atoms with Gasteiger partial charge in [-0.2, -0.15) is 0 Å². The minimum Gasteiger partial charge on any atom is -0.479 e. The number of hydrogen-bond acceptors (Lipinski definition) is 4. The number of halogens is 1. The summed E-state index contributed by atoms with van der Waals surface area (Å²) in [5.41, 5.74) is 0.854. The van der Waals surface area contributed by atoms with Crippen LogP contribution in [0.5, 0.6) is 5.88 Å². The van der Waals surface area contributed by atoms with E-state index in [0.29, 0.717) is 5.88 Å².